The minimum atomic E-state index is -0.410. The highest BCUT2D eigenvalue weighted by atomic mass is 16.3. The lowest BCUT2D eigenvalue weighted by molar-refractivity contribution is 0.213. The molecule has 128 valence electrons. The maximum atomic E-state index is 12.2. The summed E-state index contributed by atoms with van der Waals surface area (Å²) in [5, 5.41) is 9.03. The van der Waals surface area contributed by atoms with Gasteiger partial charge in [-0.15, -0.1) is 0 Å². The van der Waals surface area contributed by atoms with Crippen molar-refractivity contribution in [3.05, 3.63) is 26.7 Å². The Kier molecular flexibility index (Phi) is 5.73. The number of fused-ring (bicyclic) bond motifs is 1. The molecule has 2 rings (SSSR count). The molecule has 0 bridgehead atoms. The van der Waals surface area contributed by atoms with E-state index >= 15 is 0 Å². The fourth-order valence-corrected chi connectivity index (χ4v) is 2.69. The molecule has 0 amide bonds. The zero-order valence-corrected chi connectivity index (χ0v) is 14.0. The molecule has 0 saturated heterocycles. The number of aromatic nitrogens is 4. The third-order valence-corrected chi connectivity index (χ3v) is 3.91. The number of aromatic amines is 1. The molecule has 8 heteroatoms. The van der Waals surface area contributed by atoms with E-state index in [9.17, 15) is 9.59 Å². The maximum absolute atomic E-state index is 12.2. The third kappa shape index (κ3) is 3.53. The number of hydrogen-bond acceptors (Lipinski definition) is 5. The first-order chi connectivity index (χ1) is 11.0. The summed E-state index contributed by atoms with van der Waals surface area (Å²) in [6.07, 6.45) is 1.80. The minimum absolute atomic E-state index is 0.0602. The maximum Gasteiger partial charge on any atom is 0.330 e. The van der Waals surface area contributed by atoms with Crippen LogP contribution in [0.3, 0.4) is 0 Å². The largest absolute Gasteiger partial charge is 0.395 e. The summed E-state index contributed by atoms with van der Waals surface area (Å²) < 4.78 is 3.38. The summed E-state index contributed by atoms with van der Waals surface area (Å²) in [5.41, 5.74) is 0.0761. The van der Waals surface area contributed by atoms with Gasteiger partial charge in [0.2, 0.25) is 0 Å². The van der Waals surface area contributed by atoms with Crippen LogP contribution in [0.1, 0.15) is 32.5 Å². The first-order valence-corrected chi connectivity index (χ1v) is 8.05. The smallest absolute Gasteiger partial charge is 0.330 e. The fourth-order valence-electron chi connectivity index (χ4n) is 2.69. The van der Waals surface area contributed by atoms with E-state index in [2.05, 4.69) is 9.97 Å². The van der Waals surface area contributed by atoms with E-state index in [-0.39, 0.29) is 6.61 Å². The van der Waals surface area contributed by atoms with Crippen LogP contribution in [0.4, 0.5) is 0 Å². The predicted octanol–water partition coefficient (Wildman–Crippen LogP) is 0.130. The molecule has 0 radical (unpaired) electrons. The monoisotopic (exact) mass is 323 g/mol. The molecule has 0 saturated carbocycles. The summed E-state index contributed by atoms with van der Waals surface area (Å²) in [7, 11) is 1.88. The quantitative estimate of drug-likeness (QED) is 0.720. The average molecular weight is 323 g/mol. The third-order valence-electron chi connectivity index (χ3n) is 3.91. The second kappa shape index (κ2) is 7.56. The number of unbranched alkanes of at least 4 members (excludes halogenated alkanes) is 1. The Labute approximate surface area is 134 Å². The van der Waals surface area contributed by atoms with Gasteiger partial charge in [0.1, 0.15) is 5.82 Å². The van der Waals surface area contributed by atoms with Gasteiger partial charge in [-0.1, -0.05) is 13.3 Å². The molecule has 0 aromatic carbocycles. The molecule has 8 nitrogen and oxygen atoms in total. The summed E-state index contributed by atoms with van der Waals surface area (Å²) in [5.74, 6) is 0.722. The summed E-state index contributed by atoms with van der Waals surface area (Å²) in [6.45, 7) is 6.20. The van der Waals surface area contributed by atoms with E-state index in [4.69, 9.17) is 5.11 Å². The summed E-state index contributed by atoms with van der Waals surface area (Å²) >= 11 is 0. The van der Waals surface area contributed by atoms with Crippen molar-refractivity contribution in [2.24, 2.45) is 0 Å². The van der Waals surface area contributed by atoms with Gasteiger partial charge in [-0.25, -0.2) is 9.78 Å². The number of aliphatic hydroxyl groups excluding tert-OH is 1. The van der Waals surface area contributed by atoms with Crippen LogP contribution < -0.4 is 11.2 Å². The van der Waals surface area contributed by atoms with Crippen LogP contribution in [0.2, 0.25) is 0 Å². The molecule has 0 aliphatic heterocycles. The van der Waals surface area contributed by atoms with Gasteiger partial charge in [0, 0.05) is 19.6 Å². The van der Waals surface area contributed by atoms with Gasteiger partial charge in [0.05, 0.1) is 13.2 Å². The molecule has 0 aliphatic carbocycles. The second-order valence-electron chi connectivity index (χ2n) is 5.67. The first-order valence-electron chi connectivity index (χ1n) is 8.05. The molecular weight excluding hydrogens is 298 g/mol. The molecular formula is C15H25N5O3. The van der Waals surface area contributed by atoms with Crippen LogP contribution in [0.5, 0.6) is 0 Å². The lowest BCUT2D eigenvalue weighted by atomic mass is 10.3. The lowest BCUT2D eigenvalue weighted by Crippen LogP contribution is -2.31. The molecule has 0 fully saturated rings. The molecule has 2 heterocycles. The van der Waals surface area contributed by atoms with Gasteiger partial charge < -0.3 is 9.67 Å². The van der Waals surface area contributed by atoms with Crippen LogP contribution in [0.25, 0.3) is 11.2 Å². The van der Waals surface area contributed by atoms with Gasteiger partial charge in [0.25, 0.3) is 5.56 Å². The standard InChI is InChI=1S/C15H25N5O3/c1-4-6-7-20-13-12(14(22)17-15(20)23)19(5-2)11(16-13)10-18(3)8-9-21/h21H,4-10H2,1-3H3,(H,17,22,23). The van der Waals surface area contributed by atoms with Crippen molar-refractivity contribution in [1.82, 2.24) is 24.0 Å². The van der Waals surface area contributed by atoms with Crippen molar-refractivity contribution in [1.29, 1.82) is 0 Å². The van der Waals surface area contributed by atoms with Crippen molar-refractivity contribution in [2.75, 3.05) is 20.2 Å². The van der Waals surface area contributed by atoms with E-state index in [0.29, 0.717) is 37.3 Å². The highest BCUT2D eigenvalue weighted by molar-refractivity contribution is 5.70. The zero-order chi connectivity index (χ0) is 17.0. The number of rotatable bonds is 8. The van der Waals surface area contributed by atoms with Gasteiger partial charge in [0.15, 0.2) is 11.2 Å². The molecule has 0 spiro atoms. The van der Waals surface area contributed by atoms with Gasteiger partial charge in [-0.3, -0.25) is 19.2 Å². The number of likely N-dealkylation sites (N-methyl/N-ethyl adjacent to an activating group) is 1. The first kappa shape index (κ1) is 17.4. The summed E-state index contributed by atoms with van der Waals surface area (Å²) in [4.78, 5) is 33.2. The van der Waals surface area contributed by atoms with E-state index in [1.54, 1.807) is 4.57 Å². The van der Waals surface area contributed by atoms with E-state index in [0.717, 1.165) is 18.7 Å². The van der Waals surface area contributed by atoms with Crippen LogP contribution >= 0.6 is 0 Å². The Morgan fingerprint density at radius 2 is 2.00 bits per heavy atom. The molecule has 23 heavy (non-hydrogen) atoms. The molecule has 0 unspecified atom stereocenters. The number of aryl methyl sites for hydroxylation is 2. The van der Waals surface area contributed by atoms with Crippen LogP contribution in [0, 0.1) is 0 Å². The Morgan fingerprint density at radius 3 is 2.61 bits per heavy atom. The fraction of sp³-hybridized carbons (Fsp3) is 0.667. The molecule has 2 aromatic rings. The molecule has 2 aromatic heterocycles. The zero-order valence-electron chi connectivity index (χ0n) is 14.0. The van der Waals surface area contributed by atoms with Crippen molar-refractivity contribution < 1.29 is 5.11 Å². The lowest BCUT2D eigenvalue weighted by Gasteiger charge is -2.15. The number of H-pyrrole nitrogens is 1. The SMILES string of the molecule is CCCCn1c(=O)[nH]c(=O)c2c1nc(CN(C)CCO)n2CC. The highest BCUT2D eigenvalue weighted by Gasteiger charge is 2.18. The van der Waals surface area contributed by atoms with E-state index < -0.39 is 11.2 Å². The number of imidazole rings is 1. The number of aliphatic hydroxyl groups is 1. The van der Waals surface area contributed by atoms with E-state index in [1.165, 1.54) is 0 Å². The molecule has 0 atom stereocenters. The Hall–Kier alpha value is -1.93. The predicted molar refractivity (Wildman–Crippen MR) is 88.6 cm³/mol. The van der Waals surface area contributed by atoms with Crippen molar-refractivity contribution >= 4 is 11.2 Å². The Bertz CT molecular complexity index is 774. The van der Waals surface area contributed by atoms with Crippen LogP contribution in [-0.4, -0.2) is 49.3 Å². The van der Waals surface area contributed by atoms with Gasteiger partial charge in [-0.05, 0) is 20.4 Å². The Morgan fingerprint density at radius 1 is 1.26 bits per heavy atom. The number of hydrogen-bond donors (Lipinski definition) is 2. The van der Waals surface area contributed by atoms with E-state index in [1.807, 2.05) is 30.4 Å². The second-order valence-corrected chi connectivity index (χ2v) is 5.67. The summed E-state index contributed by atoms with van der Waals surface area (Å²) in [6, 6.07) is 0. The highest BCUT2D eigenvalue weighted by Crippen LogP contribution is 2.13. The Balaban J connectivity index is 2.60. The molecule has 2 N–H and O–H groups in total. The normalized spacial score (nSPS) is 11.7. The van der Waals surface area contributed by atoms with Gasteiger partial charge in [-0.2, -0.15) is 0 Å². The molecule has 0 aliphatic rings. The van der Waals surface area contributed by atoms with Crippen molar-refractivity contribution in [2.45, 2.75) is 46.3 Å². The topological polar surface area (TPSA) is 96.2 Å². The minimum Gasteiger partial charge on any atom is -0.395 e. The average Bonchev–Trinajstić information content (AvgIpc) is 2.85. The number of nitrogens with zero attached hydrogens (tertiary/aromatic N) is 4. The van der Waals surface area contributed by atoms with Crippen LogP contribution in [-0.2, 0) is 19.6 Å². The van der Waals surface area contributed by atoms with Crippen molar-refractivity contribution in [3.63, 3.8) is 0 Å². The van der Waals surface area contributed by atoms with Gasteiger partial charge >= 0.3 is 5.69 Å². The van der Waals surface area contributed by atoms with Crippen molar-refractivity contribution in [3.8, 4) is 0 Å². The van der Waals surface area contributed by atoms with Crippen LogP contribution in [0.15, 0.2) is 9.59 Å². The number of nitrogens with one attached hydrogen (secondary N) is 1.